The average molecular weight is 325 g/mol. The molecule has 1 heterocycles. The lowest BCUT2D eigenvalue weighted by Crippen LogP contribution is -2.03. The van der Waals surface area contributed by atoms with Crippen molar-refractivity contribution < 1.29 is 9.53 Å². The maximum absolute atomic E-state index is 12.1. The van der Waals surface area contributed by atoms with E-state index in [2.05, 4.69) is 15.9 Å². The summed E-state index contributed by atoms with van der Waals surface area (Å²) in [6.45, 7) is 1.94. The minimum absolute atomic E-state index is 0.134. The molecule has 4 heteroatoms. The molecule has 0 bridgehead atoms. The van der Waals surface area contributed by atoms with Crippen molar-refractivity contribution >= 4 is 33.0 Å². The van der Waals surface area contributed by atoms with Gasteiger partial charge in [0.05, 0.1) is 7.11 Å². The molecule has 18 heavy (non-hydrogen) atoms. The van der Waals surface area contributed by atoms with Crippen LogP contribution in [0, 0.1) is 6.92 Å². The molecule has 2 nitrogen and oxygen atoms in total. The quantitative estimate of drug-likeness (QED) is 0.786. The van der Waals surface area contributed by atoms with Gasteiger partial charge in [-0.2, -0.15) is 0 Å². The van der Waals surface area contributed by atoms with Gasteiger partial charge < -0.3 is 4.74 Å². The number of ketones is 1. The van der Waals surface area contributed by atoms with E-state index in [4.69, 9.17) is 4.74 Å². The van der Waals surface area contributed by atoms with E-state index in [0.29, 0.717) is 6.42 Å². The fourth-order valence-electron chi connectivity index (χ4n) is 1.76. The first kappa shape index (κ1) is 13.3. The molecule has 0 fully saturated rings. The van der Waals surface area contributed by atoms with E-state index < -0.39 is 0 Å². The third kappa shape index (κ3) is 3.00. The van der Waals surface area contributed by atoms with Gasteiger partial charge in [-0.15, -0.1) is 11.3 Å². The molecule has 1 aromatic carbocycles. The third-order valence-corrected chi connectivity index (χ3v) is 4.37. The monoisotopic (exact) mass is 324 g/mol. The Labute approximate surface area is 119 Å². The lowest BCUT2D eigenvalue weighted by atomic mass is 10.0. The maximum Gasteiger partial charge on any atom is 0.168 e. The molecule has 0 aliphatic heterocycles. The Kier molecular flexibility index (Phi) is 4.19. The Bertz CT molecular complexity index is 575. The fraction of sp³-hybridized carbons (Fsp3) is 0.214. The Balaban J connectivity index is 2.16. The number of thiophene rings is 1. The second-order valence-electron chi connectivity index (χ2n) is 4.02. The molecule has 0 unspecified atom stereocenters. The first-order chi connectivity index (χ1) is 8.60. The van der Waals surface area contributed by atoms with Crippen LogP contribution in [0.1, 0.15) is 20.8 Å². The van der Waals surface area contributed by atoms with Crippen LogP contribution in [0.2, 0.25) is 0 Å². The summed E-state index contributed by atoms with van der Waals surface area (Å²) in [7, 11) is 1.63. The Morgan fingerprint density at radius 3 is 2.72 bits per heavy atom. The lowest BCUT2D eigenvalue weighted by Gasteiger charge is -2.06. The number of carbonyl (C=O) groups excluding carboxylic acids is 1. The van der Waals surface area contributed by atoms with E-state index >= 15 is 0 Å². The highest BCUT2D eigenvalue weighted by molar-refractivity contribution is 9.10. The number of aryl methyl sites for hydroxylation is 1. The fourth-order valence-corrected chi connectivity index (χ4v) is 3.21. The van der Waals surface area contributed by atoms with Crippen LogP contribution in [-0.4, -0.2) is 12.9 Å². The van der Waals surface area contributed by atoms with Crippen LogP contribution in [0.15, 0.2) is 34.1 Å². The minimum atomic E-state index is 0.134. The van der Waals surface area contributed by atoms with E-state index in [9.17, 15) is 4.79 Å². The van der Waals surface area contributed by atoms with Gasteiger partial charge in [0.2, 0.25) is 0 Å². The van der Waals surface area contributed by atoms with Gasteiger partial charge in [-0.3, -0.25) is 4.79 Å². The van der Waals surface area contributed by atoms with Gasteiger partial charge in [0.25, 0.3) is 0 Å². The number of rotatable bonds is 4. The molecule has 94 valence electrons. The van der Waals surface area contributed by atoms with Crippen molar-refractivity contribution in [1.82, 2.24) is 0 Å². The van der Waals surface area contributed by atoms with Crippen LogP contribution in [0.4, 0.5) is 0 Å². The number of hydrogen-bond acceptors (Lipinski definition) is 3. The van der Waals surface area contributed by atoms with Crippen molar-refractivity contribution in [3.63, 3.8) is 0 Å². The van der Waals surface area contributed by atoms with Crippen molar-refractivity contribution in [2.45, 2.75) is 13.3 Å². The molecule has 0 aliphatic carbocycles. The van der Waals surface area contributed by atoms with Crippen molar-refractivity contribution in [3.05, 3.63) is 50.1 Å². The second kappa shape index (κ2) is 5.67. The highest BCUT2D eigenvalue weighted by Gasteiger charge is 2.10. The van der Waals surface area contributed by atoms with Crippen LogP contribution in [0.3, 0.4) is 0 Å². The predicted octanol–water partition coefficient (Wildman–Crippen LogP) is 4.25. The number of halogens is 1. The van der Waals surface area contributed by atoms with Crippen LogP contribution in [-0.2, 0) is 6.42 Å². The molecule has 0 atom stereocenters. The molecule has 2 aromatic rings. The van der Waals surface area contributed by atoms with Crippen molar-refractivity contribution in [2.24, 2.45) is 0 Å². The SMILES string of the molecule is COc1ccc(C(=O)Cc2cc(Br)cs2)cc1C. The molecular formula is C14H13BrO2S. The molecule has 0 saturated heterocycles. The summed E-state index contributed by atoms with van der Waals surface area (Å²) >= 11 is 4.98. The van der Waals surface area contributed by atoms with Gasteiger partial charge in [-0.05, 0) is 52.7 Å². The van der Waals surface area contributed by atoms with Crippen molar-refractivity contribution in [3.8, 4) is 5.75 Å². The lowest BCUT2D eigenvalue weighted by molar-refractivity contribution is 0.0993. The molecule has 0 saturated carbocycles. The Morgan fingerprint density at radius 1 is 1.39 bits per heavy atom. The zero-order valence-corrected chi connectivity index (χ0v) is 12.6. The Morgan fingerprint density at radius 2 is 2.17 bits per heavy atom. The summed E-state index contributed by atoms with van der Waals surface area (Å²) in [5.74, 6) is 0.945. The van der Waals surface area contributed by atoms with Gasteiger partial charge in [-0.25, -0.2) is 0 Å². The summed E-state index contributed by atoms with van der Waals surface area (Å²) in [6.07, 6.45) is 0.446. The minimum Gasteiger partial charge on any atom is -0.496 e. The average Bonchev–Trinajstić information content (AvgIpc) is 2.74. The zero-order chi connectivity index (χ0) is 13.1. The molecule has 1 aromatic heterocycles. The number of Topliss-reactive ketones (excluding diaryl/α,β-unsaturated/α-hetero) is 1. The van der Waals surface area contributed by atoms with Gasteiger partial charge in [-0.1, -0.05) is 0 Å². The van der Waals surface area contributed by atoms with E-state index in [-0.39, 0.29) is 5.78 Å². The van der Waals surface area contributed by atoms with Crippen molar-refractivity contribution in [1.29, 1.82) is 0 Å². The first-order valence-corrected chi connectivity index (χ1v) is 7.18. The van der Waals surface area contributed by atoms with Crippen LogP contribution < -0.4 is 4.74 Å². The first-order valence-electron chi connectivity index (χ1n) is 5.51. The molecule has 0 N–H and O–H groups in total. The predicted molar refractivity (Wildman–Crippen MR) is 77.8 cm³/mol. The molecule has 0 spiro atoms. The van der Waals surface area contributed by atoms with Crippen LogP contribution in [0.5, 0.6) is 5.75 Å². The summed E-state index contributed by atoms with van der Waals surface area (Å²) in [4.78, 5) is 13.2. The number of carbonyl (C=O) groups is 1. The molecular weight excluding hydrogens is 312 g/mol. The molecule has 2 rings (SSSR count). The number of benzene rings is 1. The van der Waals surface area contributed by atoms with E-state index in [1.807, 2.05) is 36.6 Å². The largest absolute Gasteiger partial charge is 0.496 e. The van der Waals surface area contributed by atoms with Crippen LogP contribution in [0.25, 0.3) is 0 Å². The topological polar surface area (TPSA) is 26.3 Å². The molecule has 0 aliphatic rings. The van der Waals surface area contributed by atoms with E-state index in [1.165, 1.54) is 0 Å². The normalized spacial score (nSPS) is 10.4. The van der Waals surface area contributed by atoms with Gasteiger partial charge >= 0.3 is 0 Å². The van der Waals surface area contributed by atoms with E-state index in [1.54, 1.807) is 18.4 Å². The summed E-state index contributed by atoms with van der Waals surface area (Å²) in [6, 6.07) is 7.52. The van der Waals surface area contributed by atoms with Crippen molar-refractivity contribution in [2.75, 3.05) is 7.11 Å². The smallest absolute Gasteiger partial charge is 0.168 e. The number of ether oxygens (including phenoxy) is 1. The molecule has 0 radical (unpaired) electrons. The number of hydrogen-bond donors (Lipinski definition) is 0. The Hall–Kier alpha value is -1.13. The zero-order valence-electron chi connectivity index (χ0n) is 10.2. The standard InChI is InChI=1S/C14H13BrO2S/c1-9-5-10(3-4-14(9)17-2)13(16)7-12-6-11(15)8-18-12/h3-6,8H,7H2,1-2H3. The number of methoxy groups -OCH3 is 1. The van der Waals surface area contributed by atoms with Crippen LogP contribution >= 0.6 is 27.3 Å². The maximum atomic E-state index is 12.1. The summed E-state index contributed by atoms with van der Waals surface area (Å²) < 4.78 is 6.21. The second-order valence-corrected chi connectivity index (χ2v) is 5.93. The van der Waals surface area contributed by atoms with Gasteiger partial charge in [0.15, 0.2) is 5.78 Å². The highest BCUT2D eigenvalue weighted by atomic mass is 79.9. The van der Waals surface area contributed by atoms with E-state index in [0.717, 1.165) is 26.2 Å². The summed E-state index contributed by atoms with van der Waals surface area (Å²) in [5.41, 5.74) is 1.72. The highest BCUT2D eigenvalue weighted by Crippen LogP contribution is 2.23. The van der Waals surface area contributed by atoms with Gasteiger partial charge in [0.1, 0.15) is 5.75 Å². The van der Waals surface area contributed by atoms with Gasteiger partial charge in [0, 0.05) is 26.7 Å². The molecule has 0 amide bonds. The summed E-state index contributed by atoms with van der Waals surface area (Å²) in [5, 5.41) is 1.99. The third-order valence-electron chi connectivity index (χ3n) is 2.67.